The number of nitrogens with one attached hydrogen (secondary N) is 3. The molecule has 2 heterocycles. The molecule has 150 valence electrons. The van der Waals surface area contributed by atoms with Crippen molar-refractivity contribution >= 4 is 28.9 Å². The molecular weight excluding hydrogens is 374 g/mol. The predicted molar refractivity (Wildman–Crippen MR) is 113 cm³/mol. The number of carbonyl (C=O) groups is 1. The predicted octanol–water partition coefficient (Wildman–Crippen LogP) is 2.48. The number of hydrogen-bond acceptors (Lipinski definition) is 5. The second-order valence-electron chi connectivity index (χ2n) is 6.66. The smallest absolute Gasteiger partial charge is 0.253 e. The van der Waals surface area contributed by atoms with E-state index in [9.17, 15) is 4.79 Å². The van der Waals surface area contributed by atoms with Crippen LogP contribution in [0.3, 0.4) is 0 Å². The van der Waals surface area contributed by atoms with E-state index >= 15 is 0 Å². The van der Waals surface area contributed by atoms with E-state index in [0.29, 0.717) is 13.2 Å². The van der Waals surface area contributed by atoms with Crippen molar-refractivity contribution in [2.24, 2.45) is 4.99 Å². The Morgan fingerprint density at radius 2 is 2.29 bits per heavy atom. The Morgan fingerprint density at radius 3 is 3.00 bits per heavy atom. The molecule has 0 bridgehead atoms. The molecule has 1 aliphatic rings. The van der Waals surface area contributed by atoms with Crippen LogP contribution in [-0.2, 0) is 22.5 Å². The van der Waals surface area contributed by atoms with Gasteiger partial charge in [0.25, 0.3) is 5.91 Å². The van der Waals surface area contributed by atoms with Gasteiger partial charge in [-0.1, -0.05) is 12.1 Å². The summed E-state index contributed by atoms with van der Waals surface area (Å²) in [7, 11) is 1.75. The van der Waals surface area contributed by atoms with Crippen molar-refractivity contribution in [2.45, 2.75) is 38.8 Å². The molecule has 8 heteroatoms. The van der Waals surface area contributed by atoms with Crippen molar-refractivity contribution in [2.75, 3.05) is 25.5 Å². The summed E-state index contributed by atoms with van der Waals surface area (Å²) in [5.74, 6) is 0.666. The van der Waals surface area contributed by atoms with E-state index < -0.39 is 0 Å². The summed E-state index contributed by atoms with van der Waals surface area (Å²) in [5, 5.41) is 10.7. The molecule has 0 saturated carbocycles. The molecule has 1 aromatic heterocycles. The van der Waals surface area contributed by atoms with Gasteiger partial charge in [-0.15, -0.1) is 11.3 Å². The first-order chi connectivity index (χ1) is 13.6. The molecule has 3 rings (SSSR count). The molecular formula is C20H27N5O2S. The summed E-state index contributed by atoms with van der Waals surface area (Å²) >= 11 is 1.72. The van der Waals surface area contributed by atoms with E-state index in [1.165, 1.54) is 4.88 Å². The molecule has 1 saturated heterocycles. The quantitative estimate of drug-likeness (QED) is 0.490. The molecule has 1 aromatic carbocycles. The van der Waals surface area contributed by atoms with Gasteiger partial charge in [0.1, 0.15) is 6.10 Å². The molecule has 1 atom stereocenters. The fraction of sp³-hybridized carbons (Fsp3) is 0.450. The Morgan fingerprint density at radius 1 is 1.39 bits per heavy atom. The monoisotopic (exact) mass is 401 g/mol. The summed E-state index contributed by atoms with van der Waals surface area (Å²) in [4.78, 5) is 22.0. The number of ether oxygens (including phenoxy) is 1. The van der Waals surface area contributed by atoms with Crippen LogP contribution in [0.25, 0.3) is 0 Å². The van der Waals surface area contributed by atoms with Gasteiger partial charge >= 0.3 is 0 Å². The number of thiazole rings is 1. The van der Waals surface area contributed by atoms with E-state index in [0.717, 1.165) is 48.0 Å². The molecule has 0 aliphatic carbocycles. The first-order valence-corrected chi connectivity index (χ1v) is 10.3. The molecule has 1 unspecified atom stereocenters. The lowest BCUT2D eigenvalue weighted by Gasteiger charge is -2.13. The number of carbonyl (C=O) groups excluding carboxylic acids is 1. The third-order valence-corrected chi connectivity index (χ3v) is 5.37. The number of guanidine groups is 1. The van der Waals surface area contributed by atoms with Crippen molar-refractivity contribution in [1.82, 2.24) is 15.6 Å². The highest BCUT2D eigenvalue weighted by molar-refractivity contribution is 7.11. The van der Waals surface area contributed by atoms with Gasteiger partial charge in [-0.25, -0.2) is 4.98 Å². The molecule has 2 aromatic rings. The molecule has 1 aliphatic heterocycles. The van der Waals surface area contributed by atoms with Gasteiger partial charge in [0.2, 0.25) is 0 Å². The zero-order valence-electron chi connectivity index (χ0n) is 16.3. The number of nitrogens with zero attached hydrogens (tertiary/aromatic N) is 2. The molecule has 3 N–H and O–H groups in total. The third kappa shape index (κ3) is 6.03. The number of anilines is 1. The van der Waals surface area contributed by atoms with E-state index in [1.54, 1.807) is 18.4 Å². The summed E-state index contributed by atoms with van der Waals surface area (Å²) in [5.41, 5.74) is 1.84. The molecule has 1 amide bonds. The second kappa shape index (κ2) is 10.2. The fourth-order valence-electron chi connectivity index (χ4n) is 2.98. The highest BCUT2D eigenvalue weighted by Gasteiger charge is 2.23. The summed E-state index contributed by atoms with van der Waals surface area (Å²) in [6, 6.07) is 7.80. The number of benzene rings is 1. The van der Waals surface area contributed by atoms with Gasteiger partial charge in [-0.05, 0) is 37.5 Å². The van der Waals surface area contributed by atoms with Crippen molar-refractivity contribution in [3.8, 4) is 0 Å². The molecule has 1 fully saturated rings. The normalized spacial score (nSPS) is 16.8. The Labute approximate surface area is 169 Å². The van der Waals surface area contributed by atoms with Crippen LogP contribution < -0.4 is 16.0 Å². The lowest BCUT2D eigenvalue weighted by Crippen LogP contribution is -2.37. The SMILES string of the molecule is CN=C(NCCc1ncc(C)s1)NCc1cccc(NC(=O)C2CCCO2)c1. The largest absolute Gasteiger partial charge is 0.368 e. The lowest BCUT2D eigenvalue weighted by atomic mass is 10.2. The maximum Gasteiger partial charge on any atom is 0.253 e. The number of aromatic nitrogens is 1. The average molecular weight is 402 g/mol. The van der Waals surface area contributed by atoms with E-state index in [4.69, 9.17) is 4.74 Å². The number of amides is 1. The molecule has 0 radical (unpaired) electrons. The number of hydrogen-bond donors (Lipinski definition) is 3. The van der Waals surface area contributed by atoms with Crippen LogP contribution in [0, 0.1) is 6.92 Å². The second-order valence-corrected chi connectivity index (χ2v) is 7.98. The Balaban J connectivity index is 1.45. The van der Waals surface area contributed by atoms with E-state index in [2.05, 4.69) is 32.9 Å². The standard InChI is InChI=1S/C20H27N5O2S/c1-14-12-23-18(28-14)8-9-22-20(21-2)24-13-15-5-3-6-16(11-15)25-19(26)17-7-4-10-27-17/h3,5-6,11-12,17H,4,7-10,13H2,1-2H3,(H,25,26)(H2,21,22,24). The van der Waals surface area contributed by atoms with Crippen LogP contribution in [0.5, 0.6) is 0 Å². The van der Waals surface area contributed by atoms with Crippen LogP contribution in [-0.4, -0.2) is 43.2 Å². The van der Waals surface area contributed by atoms with E-state index in [1.807, 2.05) is 30.5 Å². The first-order valence-electron chi connectivity index (χ1n) is 9.51. The van der Waals surface area contributed by atoms with Crippen molar-refractivity contribution in [1.29, 1.82) is 0 Å². The van der Waals surface area contributed by atoms with Crippen molar-refractivity contribution in [3.05, 3.63) is 45.9 Å². The number of aliphatic imine (C=N–C) groups is 1. The van der Waals surface area contributed by atoms with Crippen LogP contribution in [0.15, 0.2) is 35.5 Å². The van der Waals surface area contributed by atoms with Crippen molar-refractivity contribution in [3.63, 3.8) is 0 Å². The summed E-state index contributed by atoms with van der Waals surface area (Å²) < 4.78 is 5.43. The first kappa shape index (κ1) is 20.3. The summed E-state index contributed by atoms with van der Waals surface area (Å²) in [6.07, 6.45) is 4.17. The zero-order chi connectivity index (χ0) is 19.8. The van der Waals surface area contributed by atoms with Gasteiger partial charge in [0.05, 0.1) is 5.01 Å². The minimum Gasteiger partial charge on any atom is -0.368 e. The Hall–Kier alpha value is -2.45. The number of rotatable bonds is 7. The topological polar surface area (TPSA) is 87.6 Å². The van der Waals surface area contributed by atoms with Gasteiger partial charge in [-0.2, -0.15) is 0 Å². The lowest BCUT2D eigenvalue weighted by molar-refractivity contribution is -0.124. The Bertz CT molecular complexity index is 814. The maximum absolute atomic E-state index is 12.2. The third-order valence-electron chi connectivity index (χ3n) is 4.40. The Kier molecular flexibility index (Phi) is 7.39. The highest BCUT2D eigenvalue weighted by atomic mass is 32.1. The van der Waals surface area contributed by atoms with Gasteiger partial charge in [0.15, 0.2) is 5.96 Å². The minimum absolute atomic E-state index is 0.0718. The van der Waals surface area contributed by atoms with Crippen LogP contribution in [0.4, 0.5) is 5.69 Å². The molecule has 28 heavy (non-hydrogen) atoms. The van der Waals surface area contributed by atoms with Gasteiger partial charge in [0, 0.05) is 49.9 Å². The van der Waals surface area contributed by atoms with Crippen LogP contribution in [0.1, 0.15) is 28.3 Å². The fourth-order valence-corrected chi connectivity index (χ4v) is 3.76. The van der Waals surface area contributed by atoms with Crippen LogP contribution >= 0.6 is 11.3 Å². The van der Waals surface area contributed by atoms with E-state index in [-0.39, 0.29) is 12.0 Å². The maximum atomic E-state index is 12.2. The van der Waals surface area contributed by atoms with Gasteiger partial charge in [-0.3, -0.25) is 9.79 Å². The molecule has 7 nitrogen and oxygen atoms in total. The average Bonchev–Trinajstić information content (AvgIpc) is 3.37. The molecule has 0 spiro atoms. The minimum atomic E-state index is -0.327. The highest BCUT2D eigenvalue weighted by Crippen LogP contribution is 2.16. The zero-order valence-corrected chi connectivity index (χ0v) is 17.1. The van der Waals surface area contributed by atoms with Gasteiger partial charge < -0.3 is 20.7 Å². The summed E-state index contributed by atoms with van der Waals surface area (Å²) in [6.45, 7) is 4.10. The van der Waals surface area contributed by atoms with Crippen molar-refractivity contribution < 1.29 is 9.53 Å². The van der Waals surface area contributed by atoms with Crippen LogP contribution in [0.2, 0.25) is 0 Å². The number of aryl methyl sites for hydroxylation is 1.